The van der Waals surface area contributed by atoms with Crippen molar-refractivity contribution in [2.45, 2.75) is 147 Å². The highest BCUT2D eigenvalue weighted by molar-refractivity contribution is 7.98. The SMILES string of the molecule is CC(C)(C)OC(=O)CCSCc1cccc(C(=O)Nc2ccc(N3CCCCC3)cc2-c2cc(NCc3cccc(C(F)(F)F)c3)ncn2)c1.Nc1ccc(N2CCCCC2)cc1-c1cc(NCc2cccc(C(F)(F)F)c2)ncn1.O=C(O)CCSCc1cccc(C(=O)Nc2ccc(N3CCCCC3)cc2-c2cc(NCc3cccc(C(F)(F)F)c3)ncn2)c1. The number of halogens is 9. The third kappa shape index (κ3) is 28.5. The molecule has 127 heavy (non-hydrogen) atoms. The lowest BCUT2D eigenvalue weighted by Crippen LogP contribution is -2.29. The van der Waals surface area contributed by atoms with Gasteiger partial charge in [-0.25, -0.2) is 29.9 Å². The molecular weight excluding hydrogens is 1680 g/mol. The minimum Gasteiger partial charge on any atom is -0.481 e. The highest BCUT2D eigenvalue weighted by Gasteiger charge is 2.33. The van der Waals surface area contributed by atoms with Crippen molar-refractivity contribution in [3.05, 3.63) is 269 Å². The first-order chi connectivity index (χ1) is 60.9. The van der Waals surface area contributed by atoms with Crippen molar-refractivity contribution < 1.29 is 68.5 Å². The second-order valence-corrected chi connectivity index (χ2v) is 34.0. The highest BCUT2D eigenvalue weighted by atomic mass is 32.2. The number of alkyl halides is 9. The van der Waals surface area contributed by atoms with Crippen LogP contribution >= 0.6 is 23.5 Å². The average molecular weight is 1780 g/mol. The molecule has 0 unspecified atom stereocenters. The monoisotopic (exact) mass is 1780 g/mol. The van der Waals surface area contributed by atoms with E-state index in [0.29, 0.717) is 120 Å². The predicted octanol–water partition coefficient (Wildman–Crippen LogP) is 22.1. The summed E-state index contributed by atoms with van der Waals surface area (Å²) in [6, 6.07) is 53.0. The summed E-state index contributed by atoms with van der Waals surface area (Å²) < 4.78 is 123. The average Bonchev–Trinajstić information content (AvgIpc) is 0.802. The van der Waals surface area contributed by atoms with Crippen molar-refractivity contribution in [3.8, 4) is 33.8 Å². The Morgan fingerprint density at radius 2 is 0.740 bits per heavy atom. The summed E-state index contributed by atoms with van der Waals surface area (Å²) in [5.74, 6) is 2.02. The van der Waals surface area contributed by atoms with E-state index in [1.807, 2.05) is 99.6 Å². The number of aliphatic carboxylic acids is 1. The minimum absolute atomic E-state index is 0.0760. The zero-order valence-corrected chi connectivity index (χ0v) is 72.1. The molecular formula is C95H100F9N15O6S2. The number of hydrogen-bond donors (Lipinski definition) is 7. The normalized spacial score (nSPS) is 13.7. The number of nitrogens with two attached hydrogens (primary N) is 1. The number of piperidine rings is 3. The Morgan fingerprint density at radius 1 is 0.402 bits per heavy atom. The third-order valence-electron chi connectivity index (χ3n) is 21.0. The molecule has 21 nitrogen and oxygen atoms in total. The number of amides is 2. The maximum Gasteiger partial charge on any atom is 0.416 e. The smallest absolute Gasteiger partial charge is 0.416 e. The van der Waals surface area contributed by atoms with Crippen molar-refractivity contribution in [3.63, 3.8) is 0 Å². The molecule has 0 bridgehead atoms. The van der Waals surface area contributed by atoms with E-state index >= 15 is 0 Å². The molecule has 0 aliphatic carbocycles. The Balaban J connectivity index is 0.000000178. The Kier molecular flexibility index (Phi) is 32.6. The van der Waals surface area contributed by atoms with Crippen LogP contribution in [0.4, 0.5) is 91.1 Å². The lowest BCUT2D eigenvalue weighted by atomic mass is 10.0. The number of carboxylic acids is 1. The van der Waals surface area contributed by atoms with E-state index < -0.39 is 46.8 Å². The number of nitrogen functional groups attached to an aromatic ring is 1. The second-order valence-electron chi connectivity index (χ2n) is 31.8. The number of hydrogen-bond acceptors (Lipinski definition) is 20. The van der Waals surface area contributed by atoms with Gasteiger partial charge < -0.3 is 56.9 Å². The fourth-order valence-corrected chi connectivity index (χ4v) is 16.3. The summed E-state index contributed by atoms with van der Waals surface area (Å²) >= 11 is 3.09. The van der Waals surface area contributed by atoms with Crippen LogP contribution in [0.5, 0.6) is 0 Å². The zero-order chi connectivity index (χ0) is 90.1. The van der Waals surface area contributed by atoms with Crippen molar-refractivity contribution >= 4 is 98.9 Å². The summed E-state index contributed by atoms with van der Waals surface area (Å²) in [6.07, 6.45) is 1.73. The molecule has 2 amide bonds. The van der Waals surface area contributed by atoms with E-state index in [9.17, 15) is 58.7 Å². The van der Waals surface area contributed by atoms with E-state index in [-0.39, 0.29) is 43.8 Å². The van der Waals surface area contributed by atoms with Gasteiger partial charge in [0, 0.05) is 151 Å². The van der Waals surface area contributed by atoms with Crippen LogP contribution < -0.4 is 47.0 Å². The zero-order valence-electron chi connectivity index (χ0n) is 70.5. The van der Waals surface area contributed by atoms with Crippen LogP contribution in [0.15, 0.2) is 213 Å². The number of thioether (sulfide) groups is 2. The van der Waals surface area contributed by atoms with Gasteiger partial charge >= 0.3 is 30.5 Å². The molecule has 0 radical (unpaired) electrons. The molecule has 0 atom stereocenters. The molecule has 0 spiro atoms. The summed E-state index contributed by atoms with van der Waals surface area (Å²) in [7, 11) is 0. The minimum atomic E-state index is -4.43. The Bertz CT molecular complexity index is 5570. The summed E-state index contributed by atoms with van der Waals surface area (Å²) in [5, 5.41) is 24.3. The van der Waals surface area contributed by atoms with Crippen LogP contribution in [0.1, 0.15) is 157 Å². The molecule has 3 fully saturated rings. The number of nitrogens with zero attached hydrogens (tertiary/aromatic N) is 9. The van der Waals surface area contributed by atoms with E-state index in [0.717, 1.165) is 135 Å². The van der Waals surface area contributed by atoms with Crippen LogP contribution in [-0.2, 0) is 64.0 Å². The molecule has 6 heterocycles. The van der Waals surface area contributed by atoms with Crippen LogP contribution in [0.2, 0.25) is 0 Å². The lowest BCUT2D eigenvalue weighted by Gasteiger charge is -2.29. The van der Waals surface area contributed by atoms with E-state index in [2.05, 4.69) is 71.2 Å². The van der Waals surface area contributed by atoms with Gasteiger partial charge in [0.2, 0.25) is 0 Å². The van der Waals surface area contributed by atoms with E-state index in [4.69, 9.17) is 15.6 Å². The fourth-order valence-electron chi connectivity index (χ4n) is 14.6. The topological polar surface area (TPSA) is 271 Å². The molecule has 8 N–H and O–H groups in total. The number of anilines is 9. The molecule has 3 aliphatic heterocycles. The quantitative estimate of drug-likeness (QED) is 0.00993. The van der Waals surface area contributed by atoms with Gasteiger partial charge in [-0.3, -0.25) is 19.2 Å². The molecule has 11 aromatic rings. The molecule has 666 valence electrons. The molecule has 8 aromatic carbocycles. The summed E-state index contributed by atoms with van der Waals surface area (Å²) in [5.41, 5.74) is 16.7. The predicted molar refractivity (Wildman–Crippen MR) is 485 cm³/mol. The molecule has 3 aromatic heterocycles. The lowest BCUT2D eigenvalue weighted by molar-refractivity contribution is -0.154. The number of esters is 1. The number of carbonyl (C=O) groups excluding carboxylic acids is 3. The number of carboxylic acid groups (broad SMARTS) is 1. The first kappa shape index (κ1) is 93.7. The number of nitrogens with one attached hydrogen (secondary N) is 5. The molecule has 0 saturated carbocycles. The van der Waals surface area contributed by atoms with Gasteiger partial charge in [0.1, 0.15) is 42.0 Å². The molecule has 3 aliphatic rings. The Labute approximate surface area is 740 Å². The van der Waals surface area contributed by atoms with Crippen molar-refractivity contribution in [1.82, 2.24) is 29.9 Å². The van der Waals surface area contributed by atoms with Crippen LogP contribution in [0.3, 0.4) is 0 Å². The number of benzene rings is 8. The molecule has 32 heteroatoms. The molecule has 14 rings (SSSR count). The van der Waals surface area contributed by atoms with Crippen molar-refractivity contribution in [2.75, 3.05) is 97.8 Å². The van der Waals surface area contributed by atoms with Crippen LogP contribution in [0.25, 0.3) is 33.8 Å². The van der Waals surface area contributed by atoms with Gasteiger partial charge in [0.05, 0.1) is 58.0 Å². The number of rotatable bonds is 29. The van der Waals surface area contributed by atoms with Gasteiger partial charge in [-0.05, 0) is 222 Å². The third-order valence-corrected chi connectivity index (χ3v) is 23.0. The largest absolute Gasteiger partial charge is 0.481 e. The number of aromatic nitrogens is 6. The highest BCUT2D eigenvalue weighted by Crippen LogP contribution is 2.39. The van der Waals surface area contributed by atoms with Gasteiger partial charge in [-0.1, -0.05) is 60.7 Å². The summed E-state index contributed by atoms with van der Waals surface area (Å²) in [6.45, 7) is 11.8. The first-order valence-electron chi connectivity index (χ1n) is 41.9. The number of carbonyl (C=O) groups is 4. The standard InChI is InChI=1S/C38H42F3N5O3S.C34H34F3N5O3S.C23H24F3N5/c1-37(2,3)49-35(47)15-18-50-24-27-10-7-11-28(19-27)36(48)45-32-14-13-30(46-16-5-4-6-17-46)21-31(32)33-22-34(44-25-43-33)42-23-26-9-8-12-29(20-26)38(39,40)41;35-34(36,37)26-9-5-6-23(17-26)20-38-31-19-30(39-22-40-31)28-18-27(42-13-2-1-3-14-42)10-11-29(28)41-33(45)25-8-4-7-24(16-25)21-46-15-12-32(43)44;24-23(25,26)17-6-4-5-16(11-17)14-28-22-13-21(29-15-30-22)19-12-18(7-8-20(19)27)31-9-2-1-3-10-31/h7-14,19-22,25H,4-6,15-18,23-24H2,1-3H3,(H,45,48)(H,42,43,44);4-11,16-19,22H,1-3,12-15,20-21H2,(H,41,45)(H,43,44)(H,38,39,40);4-8,11-13,15H,1-3,9-10,14,27H2,(H,28,29,30). The van der Waals surface area contributed by atoms with Crippen LogP contribution in [0, 0.1) is 0 Å². The van der Waals surface area contributed by atoms with Crippen molar-refractivity contribution in [2.24, 2.45) is 0 Å². The maximum absolute atomic E-state index is 13.6. The fraction of sp³-hybridized carbons (Fsp3) is 0.326. The van der Waals surface area contributed by atoms with Gasteiger partial charge in [0.15, 0.2) is 0 Å². The second kappa shape index (κ2) is 44.1. The van der Waals surface area contributed by atoms with Gasteiger partial charge in [-0.2, -0.15) is 63.0 Å². The summed E-state index contributed by atoms with van der Waals surface area (Å²) in [4.78, 5) is 83.0. The Hall–Kier alpha value is -12.5. The van der Waals surface area contributed by atoms with E-state index in [1.54, 1.807) is 72.4 Å². The van der Waals surface area contributed by atoms with Crippen molar-refractivity contribution in [1.29, 1.82) is 0 Å². The van der Waals surface area contributed by atoms with E-state index in [1.165, 1.54) is 81.0 Å². The maximum atomic E-state index is 13.6. The first-order valence-corrected chi connectivity index (χ1v) is 44.2. The Morgan fingerprint density at radius 3 is 1.10 bits per heavy atom. The number of ether oxygens (including phenoxy) is 1. The van der Waals surface area contributed by atoms with Gasteiger partial charge in [-0.15, -0.1) is 0 Å². The van der Waals surface area contributed by atoms with Gasteiger partial charge in [0.25, 0.3) is 11.8 Å². The molecule has 3 saturated heterocycles. The van der Waals surface area contributed by atoms with Crippen LogP contribution in [-0.4, -0.2) is 115 Å².